The third-order valence-corrected chi connectivity index (χ3v) is 24.4. The van der Waals surface area contributed by atoms with Gasteiger partial charge in [-0.05, 0) is 182 Å². The lowest BCUT2D eigenvalue weighted by molar-refractivity contribution is -0.135. The second-order valence-electron chi connectivity index (χ2n) is 31.6. The summed E-state index contributed by atoms with van der Waals surface area (Å²) < 4.78 is 26.6. The van der Waals surface area contributed by atoms with E-state index >= 15 is 0 Å². The van der Waals surface area contributed by atoms with E-state index < -0.39 is 24.2 Å². The van der Waals surface area contributed by atoms with Crippen LogP contribution in [0.2, 0.25) is 0 Å². The molecule has 0 bridgehead atoms. The number of hydrogen-bond donors (Lipinski definition) is 9. The summed E-state index contributed by atoms with van der Waals surface area (Å²) >= 11 is 13.2. The van der Waals surface area contributed by atoms with E-state index in [4.69, 9.17) is 42.1 Å². The number of unbranched alkanes of at least 4 members (excludes halogenated alkanes) is 1. The Labute approximate surface area is 639 Å². The molecule has 0 amide bonds. The maximum Gasteiger partial charge on any atom is 0.178 e. The first-order chi connectivity index (χ1) is 51.4. The third kappa shape index (κ3) is 25.0. The van der Waals surface area contributed by atoms with Gasteiger partial charge in [-0.15, -0.1) is 11.6 Å². The van der Waals surface area contributed by atoms with Crippen molar-refractivity contribution >= 4 is 23.2 Å². The Morgan fingerprint density at radius 3 is 1.97 bits per heavy atom. The quantitative estimate of drug-likeness (QED) is 0.0121. The number of nitrogens with zero attached hydrogens (tertiary/aromatic N) is 4. The van der Waals surface area contributed by atoms with Gasteiger partial charge < -0.3 is 60.6 Å². The normalized spacial score (nSPS) is 28.1. The molecule has 2 saturated carbocycles. The van der Waals surface area contributed by atoms with Gasteiger partial charge in [-0.3, -0.25) is 24.9 Å². The van der Waals surface area contributed by atoms with Gasteiger partial charge >= 0.3 is 0 Å². The van der Waals surface area contributed by atoms with Crippen molar-refractivity contribution in [2.45, 2.75) is 209 Å². The zero-order valence-electron chi connectivity index (χ0n) is 63.1. The third-order valence-electron chi connectivity index (χ3n) is 23.7. The van der Waals surface area contributed by atoms with Crippen LogP contribution >= 0.6 is 23.2 Å². The predicted octanol–water partition coefficient (Wildman–Crippen LogP) is 12.1. The van der Waals surface area contributed by atoms with E-state index in [0.717, 1.165) is 185 Å². The maximum atomic E-state index is 12.5. The number of nitrogens with one attached hydrogen (secondary N) is 5. The highest BCUT2D eigenvalue weighted by molar-refractivity contribution is 6.29. The number of aliphatic hydroxyl groups excluding tert-OH is 3. The second-order valence-corrected chi connectivity index (χ2v) is 32.6. The molecule has 0 aromatic rings. The number of ether oxygens (including phenoxy) is 4. The van der Waals surface area contributed by atoms with Gasteiger partial charge in [-0.1, -0.05) is 171 Å². The van der Waals surface area contributed by atoms with Crippen LogP contribution in [0.5, 0.6) is 0 Å². The molecule has 19 heteroatoms. The molecular formula is C86H129Cl2N9O8. The lowest BCUT2D eigenvalue weighted by Gasteiger charge is -2.50. The fraction of sp³-hybridized carbons (Fsp3) is 0.651. The second kappa shape index (κ2) is 43.2. The molecule has 0 aromatic heterocycles. The Bertz CT molecular complexity index is 3120. The van der Waals surface area contributed by atoms with E-state index in [1.807, 2.05) is 12.2 Å². The molecule has 17 nitrogen and oxygen atoms in total. The molecule has 12 unspecified atom stereocenters. The molecule has 2 fully saturated rings. The molecule has 11 rings (SSSR count). The fourth-order valence-electron chi connectivity index (χ4n) is 18.3. The lowest BCUT2D eigenvalue weighted by Crippen LogP contribution is -2.53. The fourth-order valence-corrected chi connectivity index (χ4v) is 18.6. The van der Waals surface area contributed by atoms with Crippen molar-refractivity contribution in [1.29, 1.82) is 0 Å². The van der Waals surface area contributed by atoms with Crippen LogP contribution in [0.15, 0.2) is 179 Å². The van der Waals surface area contributed by atoms with Crippen LogP contribution in [-0.4, -0.2) is 219 Å². The summed E-state index contributed by atoms with van der Waals surface area (Å²) in [6.45, 7) is 15.3. The SMILES string of the molecule is CCOC(N(CCCCOC1C=C(CN(CC2C=CCCN2)CC2CCC=CN2)CC(CN(CC2C=CC=CN2)CC2C=CC=CN2)C1)CC1C=CC(C(O)NCCOCCOCCN(CC2C=CC(C(O)O)=CC2)C(O)C2(C3=CCC(Cl)C=C3)CCCCC2)=CC1)C1(C2=CC=C(Cl)CC2)CCCCC1. The van der Waals surface area contributed by atoms with Crippen LogP contribution in [-0.2, 0) is 18.9 Å². The number of halogens is 2. The Kier molecular flexibility index (Phi) is 33.5. The smallest absolute Gasteiger partial charge is 0.178 e. The molecule has 4 aliphatic heterocycles. The van der Waals surface area contributed by atoms with Gasteiger partial charge in [0.25, 0.3) is 0 Å². The zero-order valence-corrected chi connectivity index (χ0v) is 64.6. The molecule has 0 radical (unpaired) electrons. The highest BCUT2D eigenvalue weighted by atomic mass is 35.5. The van der Waals surface area contributed by atoms with Crippen molar-refractivity contribution in [3.63, 3.8) is 0 Å². The molecule has 0 spiro atoms. The molecule has 0 saturated heterocycles. The Morgan fingerprint density at radius 1 is 0.629 bits per heavy atom. The molecule has 12 atom stereocenters. The minimum Gasteiger partial charge on any atom is -0.387 e. The molecule has 11 aliphatic rings. The van der Waals surface area contributed by atoms with E-state index in [1.54, 1.807) is 6.08 Å². The molecule has 105 heavy (non-hydrogen) atoms. The number of aliphatic hydroxyl groups is 4. The minimum absolute atomic E-state index is 0.0343. The van der Waals surface area contributed by atoms with Gasteiger partial charge in [-0.2, -0.15) is 0 Å². The van der Waals surface area contributed by atoms with Gasteiger partial charge in [0.15, 0.2) is 6.29 Å². The van der Waals surface area contributed by atoms with E-state index in [2.05, 4.69) is 181 Å². The Morgan fingerprint density at radius 2 is 1.34 bits per heavy atom. The van der Waals surface area contributed by atoms with Gasteiger partial charge in [0.2, 0.25) is 0 Å². The van der Waals surface area contributed by atoms with Crippen LogP contribution in [0, 0.1) is 28.6 Å². The number of alkyl halides is 1. The maximum absolute atomic E-state index is 12.5. The van der Waals surface area contributed by atoms with E-state index in [0.29, 0.717) is 89.3 Å². The van der Waals surface area contributed by atoms with Crippen molar-refractivity contribution in [1.82, 2.24) is 46.2 Å². The topological polar surface area (TPSA) is 191 Å². The van der Waals surface area contributed by atoms with E-state index in [9.17, 15) is 20.4 Å². The largest absolute Gasteiger partial charge is 0.387 e. The van der Waals surface area contributed by atoms with Gasteiger partial charge in [0.05, 0.1) is 50.0 Å². The zero-order chi connectivity index (χ0) is 72.9. The van der Waals surface area contributed by atoms with Crippen molar-refractivity contribution in [2.75, 3.05) is 118 Å². The van der Waals surface area contributed by atoms with Crippen LogP contribution < -0.4 is 26.6 Å². The average molecular weight is 1490 g/mol. The lowest BCUT2D eigenvalue weighted by atomic mass is 9.65. The van der Waals surface area contributed by atoms with E-state index in [-0.39, 0.29) is 47.0 Å². The number of rotatable bonds is 42. The summed E-state index contributed by atoms with van der Waals surface area (Å²) in [7, 11) is 0. The van der Waals surface area contributed by atoms with Crippen molar-refractivity contribution in [3.8, 4) is 0 Å². The van der Waals surface area contributed by atoms with Gasteiger partial charge in [-0.25, -0.2) is 0 Å². The number of allylic oxidation sites excluding steroid dienone is 13. The van der Waals surface area contributed by atoms with E-state index in [1.165, 1.54) is 36.0 Å². The van der Waals surface area contributed by atoms with Crippen LogP contribution in [0.1, 0.15) is 148 Å². The summed E-state index contributed by atoms with van der Waals surface area (Å²) in [5.74, 6) is 0.786. The molecular weight excluding hydrogens is 1360 g/mol. The first-order valence-corrected chi connectivity index (χ1v) is 41.5. The predicted molar refractivity (Wildman–Crippen MR) is 427 cm³/mol. The molecule has 9 N–H and O–H groups in total. The first-order valence-electron chi connectivity index (χ1n) is 40.7. The van der Waals surface area contributed by atoms with Gasteiger partial charge in [0.1, 0.15) is 18.7 Å². The minimum atomic E-state index is -1.50. The van der Waals surface area contributed by atoms with Crippen LogP contribution in [0.25, 0.3) is 0 Å². The van der Waals surface area contributed by atoms with Crippen molar-refractivity contribution < 1.29 is 39.4 Å². The Balaban J connectivity index is 0.696. The van der Waals surface area contributed by atoms with Crippen LogP contribution in [0.4, 0.5) is 0 Å². The summed E-state index contributed by atoms with van der Waals surface area (Å²) in [4.78, 5) is 10.3. The summed E-state index contributed by atoms with van der Waals surface area (Å²) in [5.41, 5.74) is 5.05. The van der Waals surface area contributed by atoms with Crippen LogP contribution in [0.3, 0.4) is 0 Å². The highest BCUT2D eigenvalue weighted by Crippen LogP contribution is 2.52. The monoisotopic (exact) mass is 1490 g/mol. The highest BCUT2D eigenvalue weighted by Gasteiger charge is 2.48. The summed E-state index contributed by atoms with van der Waals surface area (Å²) in [5, 5.41) is 62.6. The molecule has 7 aliphatic carbocycles. The average Bonchev–Trinajstić information content (AvgIpc) is 0.775. The summed E-state index contributed by atoms with van der Waals surface area (Å²) in [6, 6.07) is 1.28. The first kappa shape index (κ1) is 81.5. The number of hydrogen-bond acceptors (Lipinski definition) is 17. The van der Waals surface area contributed by atoms with Crippen molar-refractivity contribution in [3.05, 3.63) is 179 Å². The molecule has 4 heterocycles. The summed E-state index contributed by atoms with van der Waals surface area (Å²) in [6.07, 6.45) is 71.5. The molecule has 580 valence electrons. The molecule has 0 aromatic carbocycles. The van der Waals surface area contributed by atoms with Crippen molar-refractivity contribution in [2.24, 2.45) is 28.6 Å². The standard InChI is InChI=1S/C86H129Cl2N9O8/c1-2-104-84(86(41-11-4-12-42-86)73-33-37-75(88)38-34-73)97(48-17-18-50-105-80-56-68(58-94(62-76-19-5-13-43-89-76)63-77-20-6-14-44-90-77)55-69(57-80)59-95(64-78-21-7-15-45-91-78)65-79-22-8-16-46-92-79)61-67-23-27-70(28-24-67)81(98)93-47-51-102-53-54-103-52-49-96(60-66-25-29-71(30-26-66)82(99)100)83(101)85(39-9-3-10-40-85)72-31-35-74(87)36-32-72/h5-7,13-14,16,19-21,23,25,27-33,35,37,43-44,46,57,66-68,74,76-84,89-93,98-101H,2-4,8-12,15,17-18,22,24,26,34,36,38-42,45,47-56,58-65H2,1H3. The number of dihydropyridines is 2. The van der Waals surface area contributed by atoms with Gasteiger partial charge in [0, 0.05) is 119 Å². The Hall–Kier alpha value is -4.48.